The largest absolute Gasteiger partial charge is 0.353 e. The molecule has 0 aliphatic rings. The Morgan fingerprint density at radius 2 is 2.00 bits per heavy atom. The quantitative estimate of drug-likeness (QED) is 0.816. The van der Waals surface area contributed by atoms with Gasteiger partial charge in [-0.25, -0.2) is 0 Å². The summed E-state index contributed by atoms with van der Waals surface area (Å²) in [5.41, 5.74) is 2.56. The lowest BCUT2D eigenvalue weighted by atomic mass is 10.2. The van der Waals surface area contributed by atoms with Crippen LogP contribution in [0, 0.1) is 0 Å². The molecule has 1 N–H and O–H groups in total. The molecule has 3 nitrogen and oxygen atoms in total. The van der Waals surface area contributed by atoms with E-state index in [2.05, 4.69) is 40.2 Å². The first-order valence-corrected chi connectivity index (χ1v) is 5.06. The zero-order valence-electron chi connectivity index (χ0n) is 8.85. The minimum atomic E-state index is 0.883. The van der Waals surface area contributed by atoms with Crippen molar-refractivity contribution in [2.75, 3.05) is 0 Å². The molecule has 3 heteroatoms. The van der Waals surface area contributed by atoms with Gasteiger partial charge < -0.3 is 9.88 Å². The van der Waals surface area contributed by atoms with E-state index in [9.17, 15) is 0 Å². The summed E-state index contributed by atoms with van der Waals surface area (Å²) in [6.07, 6.45) is 5.70. The van der Waals surface area contributed by atoms with Crippen molar-refractivity contribution in [3.8, 4) is 0 Å². The number of aromatic nitrogens is 2. The van der Waals surface area contributed by atoms with E-state index in [0.29, 0.717) is 0 Å². The van der Waals surface area contributed by atoms with Gasteiger partial charge in [0.05, 0.1) is 0 Å². The van der Waals surface area contributed by atoms with E-state index in [1.54, 1.807) is 0 Å². The Morgan fingerprint density at radius 3 is 2.67 bits per heavy atom. The van der Waals surface area contributed by atoms with Crippen molar-refractivity contribution in [1.82, 2.24) is 14.9 Å². The van der Waals surface area contributed by atoms with Crippen LogP contribution < -0.4 is 5.32 Å². The van der Waals surface area contributed by atoms with Crippen LogP contribution in [0.5, 0.6) is 0 Å². The molecule has 2 aromatic rings. The van der Waals surface area contributed by atoms with E-state index in [0.717, 1.165) is 13.1 Å². The maximum absolute atomic E-state index is 3.99. The second kappa shape index (κ2) is 4.75. The summed E-state index contributed by atoms with van der Waals surface area (Å²) in [6, 6.07) is 8.24. The third-order valence-electron chi connectivity index (χ3n) is 2.44. The standard InChI is InChI=1S/C12H15N3/c1-15-8-2-3-12(15)10-14-9-11-4-6-13-7-5-11/h2-8,14H,9-10H2,1H3. The lowest BCUT2D eigenvalue weighted by molar-refractivity contribution is 0.655. The lowest BCUT2D eigenvalue weighted by Gasteiger charge is -2.05. The average Bonchev–Trinajstić information content (AvgIpc) is 2.66. The molecule has 0 saturated heterocycles. The Hall–Kier alpha value is -1.61. The van der Waals surface area contributed by atoms with Crippen molar-refractivity contribution < 1.29 is 0 Å². The van der Waals surface area contributed by atoms with Crippen molar-refractivity contribution in [3.05, 3.63) is 54.1 Å². The molecule has 0 amide bonds. The van der Waals surface area contributed by atoms with E-state index in [1.807, 2.05) is 24.5 Å². The van der Waals surface area contributed by atoms with Gasteiger partial charge in [0.1, 0.15) is 0 Å². The molecule has 0 aromatic carbocycles. The second-order valence-corrected chi connectivity index (χ2v) is 3.57. The normalized spacial score (nSPS) is 10.5. The lowest BCUT2D eigenvalue weighted by Crippen LogP contribution is -2.14. The molecule has 78 valence electrons. The Balaban J connectivity index is 1.83. The van der Waals surface area contributed by atoms with Crippen molar-refractivity contribution in [1.29, 1.82) is 0 Å². The molecule has 2 rings (SSSR count). The number of pyridine rings is 1. The third kappa shape index (κ3) is 2.67. The molecule has 2 heterocycles. The van der Waals surface area contributed by atoms with Crippen molar-refractivity contribution >= 4 is 0 Å². The Kier molecular flexibility index (Phi) is 3.15. The van der Waals surface area contributed by atoms with Gasteiger partial charge in [-0.3, -0.25) is 4.98 Å². The summed E-state index contributed by atoms with van der Waals surface area (Å²) in [5, 5.41) is 3.40. The highest BCUT2D eigenvalue weighted by Crippen LogP contribution is 2.00. The maximum atomic E-state index is 3.99. The molecular formula is C12H15N3. The van der Waals surface area contributed by atoms with E-state index in [4.69, 9.17) is 0 Å². The molecule has 0 atom stereocenters. The van der Waals surface area contributed by atoms with Crippen LogP contribution in [-0.2, 0) is 20.1 Å². The van der Waals surface area contributed by atoms with Crippen LogP contribution >= 0.6 is 0 Å². The zero-order valence-corrected chi connectivity index (χ0v) is 8.85. The van der Waals surface area contributed by atoms with Crippen LogP contribution in [-0.4, -0.2) is 9.55 Å². The van der Waals surface area contributed by atoms with Crippen LogP contribution in [0.4, 0.5) is 0 Å². The van der Waals surface area contributed by atoms with Gasteiger partial charge in [-0.2, -0.15) is 0 Å². The Morgan fingerprint density at radius 1 is 1.20 bits per heavy atom. The topological polar surface area (TPSA) is 29.9 Å². The summed E-state index contributed by atoms with van der Waals surface area (Å²) in [4.78, 5) is 3.99. The van der Waals surface area contributed by atoms with Gasteiger partial charge in [-0.1, -0.05) is 0 Å². The SMILES string of the molecule is Cn1cccc1CNCc1ccncc1. The average molecular weight is 201 g/mol. The fourth-order valence-corrected chi connectivity index (χ4v) is 1.52. The smallest absolute Gasteiger partial charge is 0.0362 e. The molecule has 0 saturated carbocycles. The molecule has 0 spiro atoms. The van der Waals surface area contributed by atoms with Crippen molar-refractivity contribution in [2.24, 2.45) is 7.05 Å². The van der Waals surface area contributed by atoms with Gasteiger partial charge in [0.25, 0.3) is 0 Å². The fourth-order valence-electron chi connectivity index (χ4n) is 1.52. The fraction of sp³-hybridized carbons (Fsp3) is 0.250. The highest BCUT2D eigenvalue weighted by molar-refractivity contribution is 5.10. The minimum absolute atomic E-state index is 0.883. The van der Waals surface area contributed by atoms with Crippen LogP contribution in [0.3, 0.4) is 0 Å². The molecule has 0 aliphatic heterocycles. The highest BCUT2D eigenvalue weighted by atomic mass is 15.0. The number of nitrogens with zero attached hydrogens (tertiary/aromatic N) is 2. The van der Waals surface area contributed by atoms with Gasteiger partial charge in [-0.15, -0.1) is 0 Å². The van der Waals surface area contributed by atoms with Gasteiger partial charge >= 0.3 is 0 Å². The van der Waals surface area contributed by atoms with E-state index in [-0.39, 0.29) is 0 Å². The van der Waals surface area contributed by atoms with Crippen LogP contribution in [0.15, 0.2) is 42.9 Å². The monoisotopic (exact) mass is 201 g/mol. The van der Waals surface area contributed by atoms with Crippen LogP contribution in [0.25, 0.3) is 0 Å². The minimum Gasteiger partial charge on any atom is -0.353 e. The van der Waals surface area contributed by atoms with Crippen LogP contribution in [0.1, 0.15) is 11.3 Å². The predicted molar refractivity (Wildman–Crippen MR) is 60.2 cm³/mol. The van der Waals surface area contributed by atoms with E-state index in [1.165, 1.54) is 11.3 Å². The first-order valence-electron chi connectivity index (χ1n) is 5.06. The van der Waals surface area contributed by atoms with Gasteiger partial charge in [0.2, 0.25) is 0 Å². The highest BCUT2D eigenvalue weighted by Gasteiger charge is 1.96. The summed E-state index contributed by atoms with van der Waals surface area (Å²) in [7, 11) is 2.06. The van der Waals surface area contributed by atoms with Gasteiger partial charge in [0, 0.05) is 44.4 Å². The zero-order chi connectivity index (χ0) is 10.5. The number of hydrogen-bond donors (Lipinski definition) is 1. The number of aryl methyl sites for hydroxylation is 1. The molecule has 0 fully saturated rings. The summed E-state index contributed by atoms with van der Waals surface area (Å²) < 4.78 is 2.12. The van der Waals surface area contributed by atoms with Crippen LogP contribution in [0.2, 0.25) is 0 Å². The third-order valence-corrected chi connectivity index (χ3v) is 2.44. The molecular weight excluding hydrogens is 186 g/mol. The molecule has 2 aromatic heterocycles. The number of nitrogens with one attached hydrogen (secondary N) is 1. The molecule has 0 unspecified atom stereocenters. The summed E-state index contributed by atoms with van der Waals surface area (Å²) >= 11 is 0. The van der Waals surface area contributed by atoms with Crippen molar-refractivity contribution in [2.45, 2.75) is 13.1 Å². The first kappa shape index (κ1) is 9.93. The Bertz CT molecular complexity index is 406. The molecule has 0 radical (unpaired) electrons. The van der Waals surface area contributed by atoms with E-state index >= 15 is 0 Å². The summed E-state index contributed by atoms with van der Waals surface area (Å²) in [5.74, 6) is 0. The van der Waals surface area contributed by atoms with E-state index < -0.39 is 0 Å². The summed E-state index contributed by atoms with van der Waals surface area (Å²) in [6.45, 7) is 1.78. The first-order chi connectivity index (χ1) is 7.36. The van der Waals surface area contributed by atoms with Crippen molar-refractivity contribution in [3.63, 3.8) is 0 Å². The molecule has 0 aliphatic carbocycles. The second-order valence-electron chi connectivity index (χ2n) is 3.57. The number of rotatable bonds is 4. The van der Waals surface area contributed by atoms with Gasteiger partial charge in [-0.05, 0) is 29.8 Å². The van der Waals surface area contributed by atoms with Gasteiger partial charge in [0.15, 0.2) is 0 Å². The maximum Gasteiger partial charge on any atom is 0.0362 e. The Labute approximate surface area is 89.8 Å². The molecule has 0 bridgehead atoms. The number of hydrogen-bond acceptors (Lipinski definition) is 2. The molecule has 15 heavy (non-hydrogen) atoms. The predicted octanol–water partition coefficient (Wildman–Crippen LogP) is 1.71.